The lowest BCUT2D eigenvalue weighted by molar-refractivity contribution is -0.385. The van der Waals surface area contributed by atoms with Gasteiger partial charge in [-0.2, -0.15) is 0 Å². The number of carbonyl (C=O) groups excluding carboxylic acids is 1. The fourth-order valence-electron chi connectivity index (χ4n) is 3.51. The highest BCUT2D eigenvalue weighted by Gasteiger charge is 2.15. The first-order valence-electron chi connectivity index (χ1n) is 10.9. The number of aromatic hydroxyl groups is 1. The molecule has 10 nitrogen and oxygen atoms in total. The van der Waals surface area contributed by atoms with Gasteiger partial charge in [0.1, 0.15) is 5.75 Å². The number of nitro benzene ring substituents is 1. The summed E-state index contributed by atoms with van der Waals surface area (Å²) in [6, 6.07) is 12.7. The van der Waals surface area contributed by atoms with E-state index in [1.54, 1.807) is 42.5 Å². The molecular formula is C27H26N2O8. The molecule has 0 aliphatic rings. The number of nitrogens with one attached hydrogen (secondary N) is 1. The van der Waals surface area contributed by atoms with E-state index >= 15 is 0 Å². The molecule has 0 aliphatic carbocycles. The zero-order chi connectivity index (χ0) is 26.9. The van der Waals surface area contributed by atoms with Crippen molar-refractivity contribution < 1.29 is 33.8 Å². The summed E-state index contributed by atoms with van der Waals surface area (Å²) in [5.74, 6) is 0.867. The Bertz CT molecular complexity index is 1340. The van der Waals surface area contributed by atoms with Gasteiger partial charge in [-0.05, 0) is 41.5 Å². The third kappa shape index (κ3) is 6.37. The number of benzene rings is 3. The van der Waals surface area contributed by atoms with Crippen LogP contribution in [0.3, 0.4) is 0 Å². The van der Waals surface area contributed by atoms with Gasteiger partial charge in [0.2, 0.25) is 11.7 Å². The third-order valence-electron chi connectivity index (χ3n) is 5.29. The van der Waals surface area contributed by atoms with Crippen LogP contribution in [0.4, 0.5) is 11.4 Å². The number of ether oxygens (including phenoxy) is 4. The summed E-state index contributed by atoms with van der Waals surface area (Å²) < 4.78 is 21.1. The SMILES string of the molecule is COc1ccc(/C=C/C(=O)Nc2c(O)cccc2C=Cc2cc(OC)c(OC)c(OC)c2)cc1[N+](=O)[O-]. The van der Waals surface area contributed by atoms with E-state index in [1.807, 2.05) is 0 Å². The van der Waals surface area contributed by atoms with Crippen LogP contribution in [0.1, 0.15) is 16.7 Å². The fourth-order valence-corrected chi connectivity index (χ4v) is 3.51. The molecule has 3 rings (SSSR count). The van der Waals surface area contributed by atoms with Crippen molar-refractivity contribution in [3.8, 4) is 28.7 Å². The Labute approximate surface area is 213 Å². The number of methoxy groups -OCH3 is 4. The number of carbonyl (C=O) groups is 1. The third-order valence-corrected chi connectivity index (χ3v) is 5.29. The molecule has 3 aromatic rings. The Morgan fingerprint density at radius 3 is 2.14 bits per heavy atom. The largest absolute Gasteiger partial charge is 0.506 e. The van der Waals surface area contributed by atoms with Gasteiger partial charge >= 0.3 is 5.69 Å². The summed E-state index contributed by atoms with van der Waals surface area (Å²) in [5, 5.41) is 24.3. The summed E-state index contributed by atoms with van der Waals surface area (Å²) in [6.07, 6.45) is 6.12. The zero-order valence-corrected chi connectivity index (χ0v) is 20.7. The Hall–Kier alpha value is -4.99. The second kappa shape index (κ2) is 12.1. The quantitative estimate of drug-likeness (QED) is 0.127. The molecule has 0 unspecified atom stereocenters. The number of hydrogen-bond donors (Lipinski definition) is 2. The van der Waals surface area contributed by atoms with Gasteiger partial charge in [-0.15, -0.1) is 0 Å². The smallest absolute Gasteiger partial charge is 0.311 e. The van der Waals surface area contributed by atoms with Crippen molar-refractivity contribution in [2.75, 3.05) is 33.8 Å². The monoisotopic (exact) mass is 506 g/mol. The summed E-state index contributed by atoms with van der Waals surface area (Å²) in [4.78, 5) is 23.3. The van der Waals surface area contributed by atoms with Crippen molar-refractivity contribution in [2.45, 2.75) is 0 Å². The van der Waals surface area contributed by atoms with Crippen LogP contribution in [0.5, 0.6) is 28.7 Å². The first-order chi connectivity index (χ1) is 17.8. The summed E-state index contributed by atoms with van der Waals surface area (Å²) >= 11 is 0. The molecule has 2 N–H and O–H groups in total. The highest BCUT2D eigenvalue weighted by atomic mass is 16.6. The van der Waals surface area contributed by atoms with Gasteiger partial charge in [0, 0.05) is 17.7 Å². The van der Waals surface area contributed by atoms with Crippen LogP contribution in [0.25, 0.3) is 18.2 Å². The minimum atomic E-state index is -0.565. The predicted molar refractivity (Wildman–Crippen MR) is 140 cm³/mol. The minimum Gasteiger partial charge on any atom is -0.506 e. The van der Waals surface area contributed by atoms with Crippen LogP contribution in [0, 0.1) is 10.1 Å². The Balaban J connectivity index is 1.85. The van der Waals surface area contributed by atoms with Crippen molar-refractivity contribution in [1.82, 2.24) is 0 Å². The van der Waals surface area contributed by atoms with Crippen molar-refractivity contribution in [1.29, 1.82) is 0 Å². The van der Waals surface area contributed by atoms with E-state index < -0.39 is 10.8 Å². The normalized spacial score (nSPS) is 10.9. The van der Waals surface area contributed by atoms with Gasteiger partial charge in [0.05, 0.1) is 39.0 Å². The van der Waals surface area contributed by atoms with Gasteiger partial charge in [-0.25, -0.2) is 0 Å². The number of amides is 1. The maximum Gasteiger partial charge on any atom is 0.311 e. The molecule has 0 aliphatic heterocycles. The van der Waals surface area contributed by atoms with E-state index in [0.717, 1.165) is 5.56 Å². The van der Waals surface area contributed by atoms with Crippen molar-refractivity contribution in [3.05, 3.63) is 81.4 Å². The lowest BCUT2D eigenvalue weighted by atomic mass is 10.1. The van der Waals surface area contributed by atoms with Crippen molar-refractivity contribution >= 4 is 35.5 Å². The molecule has 0 heterocycles. The standard InChI is InChI=1S/C27H26N2O8/c1-34-22-12-9-17(14-20(22)29(32)33)10-13-25(31)28-26-19(6-5-7-21(26)30)11-8-18-15-23(35-2)27(37-4)24(16-18)36-3/h5-16,30H,1-4H3,(H,28,31)/b11-8?,13-10+. The van der Waals surface area contributed by atoms with E-state index in [1.165, 1.54) is 58.8 Å². The molecule has 0 spiro atoms. The number of phenolic OH excluding ortho intramolecular Hbond substituents is 1. The molecule has 0 atom stereocenters. The van der Waals surface area contributed by atoms with Gasteiger partial charge in [-0.1, -0.05) is 30.4 Å². The molecule has 3 aromatic carbocycles. The number of rotatable bonds is 10. The van der Waals surface area contributed by atoms with Crippen LogP contribution in [0.15, 0.2) is 54.6 Å². The van der Waals surface area contributed by atoms with Crippen LogP contribution in [-0.2, 0) is 4.79 Å². The van der Waals surface area contributed by atoms with E-state index in [9.17, 15) is 20.0 Å². The topological polar surface area (TPSA) is 129 Å². The molecule has 10 heteroatoms. The summed E-state index contributed by atoms with van der Waals surface area (Å²) in [7, 11) is 5.89. The number of phenols is 1. The fraction of sp³-hybridized carbons (Fsp3) is 0.148. The second-order valence-corrected chi connectivity index (χ2v) is 7.54. The molecule has 0 saturated carbocycles. The lowest BCUT2D eigenvalue weighted by Gasteiger charge is -2.13. The van der Waals surface area contributed by atoms with E-state index in [-0.39, 0.29) is 22.9 Å². The molecular weight excluding hydrogens is 480 g/mol. The second-order valence-electron chi connectivity index (χ2n) is 7.54. The summed E-state index contributed by atoms with van der Waals surface area (Å²) in [6.45, 7) is 0. The molecule has 0 fully saturated rings. The molecule has 0 aromatic heterocycles. The molecule has 0 radical (unpaired) electrons. The number of para-hydroxylation sites is 1. The number of anilines is 1. The number of hydrogen-bond acceptors (Lipinski definition) is 8. The Kier molecular flexibility index (Phi) is 8.71. The Morgan fingerprint density at radius 1 is 0.865 bits per heavy atom. The molecule has 37 heavy (non-hydrogen) atoms. The zero-order valence-electron chi connectivity index (χ0n) is 20.7. The van der Waals surface area contributed by atoms with Crippen LogP contribution < -0.4 is 24.3 Å². The number of nitro groups is 1. The van der Waals surface area contributed by atoms with E-state index in [0.29, 0.717) is 28.4 Å². The van der Waals surface area contributed by atoms with Gasteiger partial charge in [0.15, 0.2) is 17.2 Å². The number of nitrogens with zero attached hydrogens (tertiary/aromatic N) is 1. The highest BCUT2D eigenvalue weighted by Crippen LogP contribution is 2.39. The molecule has 192 valence electrons. The van der Waals surface area contributed by atoms with E-state index in [2.05, 4.69) is 5.32 Å². The first-order valence-corrected chi connectivity index (χ1v) is 10.9. The maximum absolute atomic E-state index is 12.6. The average Bonchev–Trinajstić information content (AvgIpc) is 2.91. The van der Waals surface area contributed by atoms with Crippen molar-refractivity contribution in [2.24, 2.45) is 0 Å². The molecule has 0 bridgehead atoms. The van der Waals surface area contributed by atoms with Gasteiger partial charge in [0.25, 0.3) is 0 Å². The van der Waals surface area contributed by atoms with Gasteiger partial charge < -0.3 is 29.4 Å². The highest BCUT2D eigenvalue weighted by molar-refractivity contribution is 6.04. The average molecular weight is 507 g/mol. The van der Waals surface area contributed by atoms with Gasteiger partial charge in [-0.3, -0.25) is 14.9 Å². The maximum atomic E-state index is 12.6. The minimum absolute atomic E-state index is 0.115. The van der Waals surface area contributed by atoms with Crippen LogP contribution in [-0.4, -0.2) is 44.4 Å². The summed E-state index contributed by atoms with van der Waals surface area (Å²) in [5.41, 5.74) is 1.68. The molecule has 0 saturated heterocycles. The van der Waals surface area contributed by atoms with E-state index in [4.69, 9.17) is 18.9 Å². The van der Waals surface area contributed by atoms with Crippen LogP contribution in [0.2, 0.25) is 0 Å². The van der Waals surface area contributed by atoms with Crippen LogP contribution >= 0.6 is 0 Å². The Morgan fingerprint density at radius 2 is 1.54 bits per heavy atom. The molecule has 1 amide bonds. The predicted octanol–water partition coefficient (Wildman–Crippen LogP) is 5.16. The van der Waals surface area contributed by atoms with Crippen molar-refractivity contribution in [3.63, 3.8) is 0 Å². The lowest BCUT2D eigenvalue weighted by Crippen LogP contribution is -2.09. The first kappa shape index (κ1) is 26.6.